The number of nitrogens with zero attached hydrogens (tertiary/aromatic N) is 3. The number of hydrogen-bond donors (Lipinski definition) is 1. The number of rotatable bonds is 7. The van der Waals surface area contributed by atoms with E-state index in [0.29, 0.717) is 6.54 Å². The van der Waals surface area contributed by atoms with Crippen molar-refractivity contribution < 1.29 is 18.7 Å². The van der Waals surface area contributed by atoms with E-state index in [1.807, 2.05) is 10.8 Å². The van der Waals surface area contributed by atoms with Gasteiger partial charge in [0, 0.05) is 25.5 Å². The standard InChI is InChI=1S/C17H19FN4O3/c18-14-4-2-13(3-5-14)10-22-15(11-25-17(22)24)16(23)20-6-1-8-21-9-7-19-12-21/h2-5,7,9,12,15H,1,6,8,10-11H2,(H,20,23)/t15-/m0/s1. The molecule has 132 valence electrons. The van der Waals surface area contributed by atoms with Crippen molar-refractivity contribution in [2.45, 2.75) is 25.6 Å². The number of aromatic nitrogens is 2. The summed E-state index contributed by atoms with van der Waals surface area (Å²) in [6.07, 6.45) is 5.49. The quantitative estimate of drug-likeness (QED) is 0.772. The molecular formula is C17H19FN4O3. The summed E-state index contributed by atoms with van der Waals surface area (Å²) in [5.74, 6) is -0.599. The molecular weight excluding hydrogens is 327 g/mol. The van der Waals surface area contributed by atoms with Gasteiger partial charge in [0.15, 0.2) is 0 Å². The van der Waals surface area contributed by atoms with Crippen LogP contribution in [0.25, 0.3) is 0 Å². The molecule has 8 heteroatoms. The van der Waals surface area contributed by atoms with Gasteiger partial charge in [-0.2, -0.15) is 0 Å². The maximum atomic E-state index is 13.0. The number of ether oxygens (including phenoxy) is 1. The first-order valence-electron chi connectivity index (χ1n) is 8.05. The molecule has 0 unspecified atom stereocenters. The zero-order valence-electron chi connectivity index (χ0n) is 13.6. The fraction of sp³-hybridized carbons (Fsp3) is 0.353. The zero-order chi connectivity index (χ0) is 17.6. The molecule has 2 heterocycles. The summed E-state index contributed by atoms with van der Waals surface area (Å²) >= 11 is 0. The Morgan fingerprint density at radius 1 is 1.36 bits per heavy atom. The Labute approximate surface area is 144 Å². The highest BCUT2D eigenvalue weighted by Crippen LogP contribution is 2.17. The first kappa shape index (κ1) is 16.9. The van der Waals surface area contributed by atoms with Crippen molar-refractivity contribution in [3.8, 4) is 0 Å². The van der Waals surface area contributed by atoms with E-state index in [1.54, 1.807) is 24.7 Å². The first-order valence-corrected chi connectivity index (χ1v) is 8.05. The number of halogens is 1. The lowest BCUT2D eigenvalue weighted by Gasteiger charge is -2.20. The van der Waals surface area contributed by atoms with Crippen LogP contribution in [0.4, 0.5) is 9.18 Å². The number of imidazole rings is 1. The molecule has 1 atom stereocenters. The minimum absolute atomic E-state index is 0.0212. The summed E-state index contributed by atoms with van der Waals surface area (Å²) in [5, 5.41) is 2.83. The molecule has 1 aliphatic rings. The van der Waals surface area contributed by atoms with E-state index in [-0.39, 0.29) is 24.9 Å². The molecule has 0 aliphatic carbocycles. The van der Waals surface area contributed by atoms with Crippen molar-refractivity contribution in [3.05, 3.63) is 54.4 Å². The second kappa shape index (κ2) is 7.78. The Hall–Kier alpha value is -2.90. The van der Waals surface area contributed by atoms with Crippen LogP contribution in [-0.4, -0.2) is 45.6 Å². The maximum Gasteiger partial charge on any atom is 0.410 e. The van der Waals surface area contributed by atoms with Gasteiger partial charge < -0.3 is 14.6 Å². The summed E-state index contributed by atoms with van der Waals surface area (Å²) in [5.41, 5.74) is 0.734. The first-order chi connectivity index (χ1) is 12.1. The van der Waals surface area contributed by atoms with Gasteiger partial charge in [0.05, 0.1) is 12.9 Å². The van der Waals surface area contributed by atoms with E-state index in [4.69, 9.17) is 4.74 Å². The van der Waals surface area contributed by atoms with Gasteiger partial charge >= 0.3 is 6.09 Å². The summed E-state index contributed by atoms with van der Waals surface area (Å²) in [6, 6.07) is 5.14. The molecule has 1 aromatic heterocycles. The fourth-order valence-electron chi connectivity index (χ4n) is 2.64. The van der Waals surface area contributed by atoms with E-state index >= 15 is 0 Å². The average molecular weight is 346 g/mol. The number of hydrogen-bond acceptors (Lipinski definition) is 4. The second-order valence-electron chi connectivity index (χ2n) is 5.79. The lowest BCUT2D eigenvalue weighted by atomic mass is 10.2. The zero-order valence-corrected chi connectivity index (χ0v) is 13.6. The van der Waals surface area contributed by atoms with Gasteiger partial charge in [-0.15, -0.1) is 0 Å². The third-order valence-corrected chi connectivity index (χ3v) is 4.00. The molecule has 7 nitrogen and oxygen atoms in total. The Kier molecular flexibility index (Phi) is 5.27. The molecule has 1 aliphatic heterocycles. The predicted octanol–water partition coefficient (Wildman–Crippen LogP) is 1.55. The lowest BCUT2D eigenvalue weighted by molar-refractivity contribution is -0.125. The van der Waals surface area contributed by atoms with Crippen LogP contribution >= 0.6 is 0 Å². The summed E-state index contributed by atoms with van der Waals surface area (Å²) in [6.45, 7) is 1.46. The molecule has 0 radical (unpaired) electrons. The lowest BCUT2D eigenvalue weighted by Crippen LogP contribution is -2.45. The van der Waals surface area contributed by atoms with Crippen LogP contribution in [0.3, 0.4) is 0 Å². The number of cyclic esters (lactones) is 1. The Bertz CT molecular complexity index is 718. The minimum Gasteiger partial charge on any atom is -0.447 e. The molecule has 0 saturated carbocycles. The molecule has 3 rings (SSSR count). The highest BCUT2D eigenvalue weighted by atomic mass is 19.1. The number of carbonyl (C=O) groups excluding carboxylic acids is 2. The molecule has 1 aromatic carbocycles. The van der Waals surface area contributed by atoms with Crippen molar-refractivity contribution in [2.75, 3.05) is 13.2 Å². The fourth-order valence-corrected chi connectivity index (χ4v) is 2.64. The highest BCUT2D eigenvalue weighted by molar-refractivity contribution is 5.87. The molecule has 0 bridgehead atoms. The van der Waals surface area contributed by atoms with Crippen LogP contribution in [0.2, 0.25) is 0 Å². The Morgan fingerprint density at radius 2 is 2.16 bits per heavy atom. The third-order valence-electron chi connectivity index (χ3n) is 4.00. The minimum atomic E-state index is -0.675. The van der Waals surface area contributed by atoms with Gasteiger partial charge in [-0.25, -0.2) is 14.2 Å². The van der Waals surface area contributed by atoms with Crippen LogP contribution in [-0.2, 0) is 22.6 Å². The van der Waals surface area contributed by atoms with Gasteiger partial charge in [0.2, 0.25) is 5.91 Å². The van der Waals surface area contributed by atoms with Gasteiger partial charge in [0.1, 0.15) is 18.5 Å². The highest BCUT2D eigenvalue weighted by Gasteiger charge is 2.37. The Morgan fingerprint density at radius 3 is 2.88 bits per heavy atom. The van der Waals surface area contributed by atoms with Gasteiger partial charge in [0.25, 0.3) is 0 Å². The normalized spacial score (nSPS) is 16.8. The summed E-state index contributed by atoms with van der Waals surface area (Å²) < 4.78 is 19.9. The predicted molar refractivity (Wildman–Crippen MR) is 86.9 cm³/mol. The molecule has 1 fully saturated rings. The maximum absolute atomic E-state index is 13.0. The molecule has 1 saturated heterocycles. The smallest absolute Gasteiger partial charge is 0.410 e. The number of nitrogens with one attached hydrogen (secondary N) is 1. The van der Waals surface area contributed by atoms with Crippen molar-refractivity contribution in [1.29, 1.82) is 0 Å². The van der Waals surface area contributed by atoms with Gasteiger partial charge in [-0.3, -0.25) is 9.69 Å². The van der Waals surface area contributed by atoms with Crippen LogP contribution in [0.5, 0.6) is 0 Å². The monoisotopic (exact) mass is 346 g/mol. The van der Waals surface area contributed by atoms with Crippen molar-refractivity contribution in [2.24, 2.45) is 0 Å². The number of amides is 2. The van der Waals surface area contributed by atoms with E-state index in [9.17, 15) is 14.0 Å². The largest absolute Gasteiger partial charge is 0.447 e. The Balaban J connectivity index is 1.51. The van der Waals surface area contributed by atoms with Crippen LogP contribution in [0.15, 0.2) is 43.0 Å². The SMILES string of the molecule is O=C(NCCCn1ccnc1)[C@@H]1COC(=O)N1Cc1ccc(F)cc1. The second-order valence-corrected chi connectivity index (χ2v) is 5.79. The van der Waals surface area contributed by atoms with Crippen LogP contribution in [0.1, 0.15) is 12.0 Å². The summed E-state index contributed by atoms with van der Waals surface area (Å²) in [7, 11) is 0. The van der Waals surface area contributed by atoms with E-state index < -0.39 is 12.1 Å². The molecule has 25 heavy (non-hydrogen) atoms. The van der Waals surface area contributed by atoms with Crippen LogP contribution in [0, 0.1) is 5.82 Å². The van der Waals surface area contributed by atoms with E-state index in [2.05, 4.69) is 10.3 Å². The number of benzene rings is 1. The van der Waals surface area contributed by atoms with Crippen LogP contribution < -0.4 is 5.32 Å². The molecule has 0 spiro atoms. The van der Waals surface area contributed by atoms with Crippen molar-refractivity contribution in [3.63, 3.8) is 0 Å². The van der Waals surface area contributed by atoms with E-state index in [1.165, 1.54) is 17.0 Å². The number of aryl methyl sites for hydroxylation is 1. The van der Waals surface area contributed by atoms with Gasteiger partial charge in [-0.05, 0) is 24.1 Å². The number of carbonyl (C=O) groups is 2. The topological polar surface area (TPSA) is 76.5 Å². The molecule has 2 amide bonds. The molecule has 2 aromatic rings. The molecule has 1 N–H and O–H groups in total. The average Bonchev–Trinajstić information content (AvgIpc) is 3.24. The third kappa shape index (κ3) is 4.34. The van der Waals surface area contributed by atoms with Crippen molar-refractivity contribution in [1.82, 2.24) is 19.8 Å². The van der Waals surface area contributed by atoms with Gasteiger partial charge in [-0.1, -0.05) is 12.1 Å². The van der Waals surface area contributed by atoms with Crippen molar-refractivity contribution >= 4 is 12.0 Å². The summed E-state index contributed by atoms with van der Waals surface area (Å²) in [4.78, 5) is 29.5. The van der Waals surface area contributed by atoms with E-state index in [0.717, 1.165) is 18.5 Å².